The van der Waals surface area contributed by atoms with E-state index in [1.54, 1.807) is 0 Å². The number of benzene rings is 1. The molecule has 1 aromatic carbocycles. The third kappa shape index (κ3) is 2.48. The summed E-state index contributed by atoms with van der Waals surface area (Å²) in [5.74, 6) is 0.521. The van der Waals surface area contributed by atoms with Crippen molar-refractivity contribution in [1.82, 2.24) is 4.90 Å². The third-order valence-electron chi connectivity index (χ3n) is 3.33. The molecule has 1 unspecified atom stereocenters. The van der Waals surface area contributed by atoms with E-state index in [0.29, 0.717) is 5.92 Å². The first kappa shape index (κ1) is 12.5. The molecule has 0 spiro atoms. The average molecular weight is 240 g/mol. The summed E-state index contributed by atoms with van der Waals surface area (Å²) in [5, 5.41) is 0. The van der Waals surface area contributed by atoms with Gasteiger partial charge in [-0.2, -0.15) is 0 Å². The zero-order valence-corrected chi connectivity index (χ0v) is 11.1. The van der Waals surface area contributed by atoms with Crippen molar-refractivity contribution in [3.63, 3.8) is 0 Å². The topological polar surface area (TPSA) is 29.3 Å². The second kappa shape index (κ2) is 5.13. The zero-order valence-electron chi connectivity index (χ0n) is 11.1. The van der Waals surface area contributed by atoms with Crippen LogP contribution in [0.5, 0.6) is 0 Å². The van der Waals surface area contributed by atoms with Crippen LogP contribution in [0, 0.1) is 5.92 Å². The maximum Gasteiger partial charge on any atom is 0.0595 e. The van der Waals surface area contributed by atoms with Gasteiger partial charge in [0.05, 0.1) is 5.70 Å². The standard InChI is InChI=1S/C16H20N2/c1-12-9-10-16(15(17)11-12)18(3)13(2)14-7-5-4-6-8-14/h4-10,12H,2,11,17H2,1,3H3. The minimum Gasteiger partial charge on any atom is -0.400 e. The normalized spacial score (nSPS) is 18.9. The lowest BCUT2D eigenvalue weighted by Crippen LogP contribution is -2.22. The summed E-state index contributed by atoms with van der Waals surface area (Å²) in [4.78, 5) is 2.06. The van der Waals surface area contributed by atoms with Gasteiger partial charge in [0, 0.05) is 18.4 Å². The molecule has 0 aromatic heterocycles. The Bertz CT molecular complexity index is 497. The van der Waals surface area contributed by atoms with Gasteiger partial charge in [0.1, 0.15) is 0 Å². The van der Waals surface area contributed by atoms with Crippen molar-refractivity contribution in [3.8, 4) is 0 Å². The van der Waals surface area contributed by atoms with E-state index in [1.165, 1.54) is 0 Å². The maximum absolute atomic E-state index is 6.13. The van der Waals surface area contributed by atoms with Crippen LogP contribution < -0.4 is 5.73 Å². The largest absolute Gasteiger partial charge is 0.400 e. The molecule has 2 N–H and O–H groups in total. The molecule has 1 aliphatic rings. The quantitative estimate of drug-likeness (QED) is 0.877. The summed E-state index contributed by atoms with van der Waals surface area (Å²) in [6.45, 7) is 6.33. The van der Waals surface area contributed by atoms with E-state index < -0.39 is 0 Å². The van der Waals surface area contributed by atoms with Gasteiger partial charge in [-0.25, -0.2) is 0 Å². The Morgan fingerprint density at radius 2 is 2.00 bits per heavy atom. The minimum absolute atomic E-state index is 0.521. The highest BCUT2D eigenvalue weighted by Gasteiger charge is 2.16. The Morgan fingerprint density at radius 3 is 2.61 bits per heavy atom. The molecule has 2 heteroatoms. The summed E-state index contributed by atoms with van der Waals surface area (Å²) in [5.41, 5.74) is 10.2. The van der Waals surface area contributed by atoms with Crippen LogP contribution in [0.2, 0.25) is 0 Å². The third-order valence-corrected chi connectivity index (χ3v) is 3.33. The van der Waals surface area contributed by atoms with Gasteiger partial charge in [-0.1, -0.05) is 49.9 Å². The summed E-state index contributed by atoms with van der Waals surface area (Å²) < 4.78 is 0. The van der Waals surface area contributed by atoms with E-state index in [1.807, 2.05) is 25.2 Å². The molecule has 0 aliphatic heterocycles. The van der Waals surface area contributed by atoms with Gasteiger partial charge >= 0.3 is 0 Å². The fraction of sp³-hybridized carbons (Fsp3) is 0.250. The molecule has 1 aromatic rings. The molecule has 2 rings (SSSR count). The lowest BCUT2D eigenvalue weighted by atomic mass is 9.98. The van der Waals surface area contributed by atoms with E-state index in [9.17, 15) is 0 Å². The van der Waals surface area contributed by atoms with Crippen LogP contribution >= 0.6 is 0 Å². The first-order valence-electron chi connectivity index (χ1n) is 6.24. The van der Waals surface area contributed by atoms with Crippen LogP contribution in [0.1, 0.15) is 18.9 Å². The molecule has 0 saturated carbocycles. The highest BCUT2D eigenvalue weighted by Crippen LogP contribution is 2.27. The summed E-state index contributed by atoms with van der Waals surface area (Å²) in [7, 11) is 2.01. The molecule has 0 radical (unpaired) electrons. The fourth-order valence-corrected chi connectivity index (χ4v) is 2.18. The van der Waals surface area contributed by atoms with E-state index in [4.69, 9.17) is 5.73 Å². The number of allylic oxidation sites excluding steroid dienone is 3. The highest BCUT2D eigenvalue weighted by atomic mass is 15.1. The molecule has 1 aliphatic carbocycles. The van der Waals surface area contributed by atoms with Crippen LogP contribution in [-0.4, -0.2) is 11.9 Å². The average Bonchev–Trinajstić information content (AvgIpc) is 2.38. The van der Waals surface area contributed by atoms with E-state index in [0.717, 1.165) is 29.1 Å². The number of likely N-dealkylation sites (N-methyl/N-ethyl adjacent to an activating group) is 1. The number of nitrogens with zero attached hydrogens (tertiary/aromatic N) is 1. The smallest absolute Gasteiger partial charge is 0.0595 e. The van der Waals surface area contributed by atoms with Crippen LogP contribution in [0.25, 0.3) is 5.70 Å². The lowest BCUT2D eigenvalue weighted by molar-refractivity contribution is 0.574. The van der Waals surface area contributed by atoms with E-state index in [2.05, 4.69) is 42.7 Å². The van der Waals surface area contributed by atoms with Gasteiger partial charge in [-0.15, -0.1) is 0 Å². The van der Waals surface area contributed by atoms with Crippen LogP contribution in [0.4, 0.5) is 0 Å². The molecule has 0 bridgehead atoms. The summed E-state index contributed by atoms with van der Waals surface area (Å²) in [6, 6.07) is 10.2. The Hall–Kier alpha value is -1.96. The molecule has 94 valence electrons. The SMILES string of the molecule is C=C(c1ccccc1)N(C)C1=C(N)CC(C)C=C1. The monoisotopic (exact) mass is 240 g/mol. The lowest BCUT2D eigenvalue weighted by Gasteiger charge is -2.28. The second-order valence-corrected chi connectivity index (χ2v) is 4.82. The summed E-state index contributed by atoms with van der Waals surface area (Å²) >= 11 is 0. The predicted molar refractivity (Wildman–Crippen MR) is 77.4 cm³/mol. The molecule has 1 atom stereocenters. The van der Waals surface area contributed by atoms with Crippen molar-refractivity contribution >= 4 is 5.70 Å². The van der Waals surface area contributed by atoms with E-state index >= 15 is 0 Å². The number of hydrogen-bond acceptors (Lipinski definition) is 2. The van der Waals surface area contributed by atoms with Crippen LogP contribution in [0.15, 0.2) is 60.5 Å². The molecular weight excluding hydrogens is 220 g/mol. The molecular formula is C16H20N2. The van der Waals surface area contributed by atoms with Gasteiger partial charge in [-0.3, -0.25) is 0 Å². The maximum atomic E-state index is 6.13. The molecule has 0 saturated heterocycles. The van der Waals surface area contributed by atoms with Crippen LogP contribution in [-0.2, 0) is 0 Å². The van der Waals surface area contributed by atoms with E-state index in [-0.39, 0.29) is 0 Å². The number of hydrogen-bond donors (Lipinski definition) is 1. The number of rotatable bonds is 3. The predicted octanol–water partition coefficient (Wildman–Crippen LogP) is 3.36. The molecule has 0 heterocycles. The van der Waals surface area contributed by atoms with Crippen molar-refractivity contribution in [2.24, 2.45) is 11.7 Å². The van der Waals surface area contributed by atoms with Crippen molar-refractivity contribution in [1.29, 1.82) is 0 Å². The highest BCUT2D eigenvalue weighted by molar-refractivity contribution is 5.64. The minimum atomic E-state index is 0.521. The Kier molecular flexibility index (Phi) is 3.56. The second-order valence-electron chi connectivity index (χ2n) is 4.82. The van der Waals surface area contributed by atoms with Crippen molar-refractivity contribution in [2.45, 2.75) is 13.3 Å². The molecule has 18 heavy (non-hydrogen) atoms. The van der Waals surface area contributed by atoms with Gasteiger partial charge in [-0.05, 0) is 24.0 Å². The first-order valence-corrected chi connectivity index (χ1v) is 6.24. The Balaban J connectivity index is 2.23. The zero-order chi connectivity index (χ0) is 13.1. The van der Waals surface area contributed by atoms with Crippen molar-refractivity contribution < 1.29 is 0 Å². The van der Waals surface area contributed by atoms with Gasteiger partial charge in [0.25, 0.3) is 0 Å². The first-order chi connectivity index (χ1) is 8.59. The Morgan fingerprint density at radius 1 is 1.33 bits per heavy atom. The van der Waals surface area contributed by atoms with Gasteiger partial charge in [0.15, 0.2) is 0 Å². The van der Waals surface area contributed by atoms with Crippen molar-refractivity contribution in [3.05, 3.63) is 66.0 Å². The molecule has 2 nitrogen and oxygen atoms in total. The summed E-state index contributed by atoms with van der Waals surface area (Å²) in [6.07, 6.45) is 5.20. The number of nitrogens with two attached hydrogens (primary N) is 1. The Labute approximate surface area is 109 Å². The molecule has 0 fully saturated rings. The fourth-order valence-electron chi connectivity index (χ4n) is 2.18. The van der Waals surface area contributed by atoms with Gasteiger partial charge < -0.3 is 10.6 Å². The molecule has 0 amide bonds. The van der Waals surface area contributed by atoms with Crippen molar-refractivity contribution in [2.75, 3.05) is 7.05 Å². The van der Waals surface area contributed by atoms with Gasteiger partial charge in [0.2, 0.25) is 0 Å². The van der Waals surface area contributed by atoms with Crippen LogP contribution in [0.3, 0.4) is 0 Å².